The van der Waals surface area contributed by atoms with Crippen LogP contribution in [0.3, 0.4) is 0 Å². The summed E-state index contributed by atoms with van der Waals surface area (Å²) in [6.07, 6.45) is 5.24. The average Bonchev–Trinajstić information content (AvgIpc) is 2.70. The van der Waals surface area contributed by atoms with Gasteiger partial charge in [0.25, 0.3) is 0 Å². The molecule has 1 heterocycles. The van der Waals surface area contributed by atoms with Crippen molar-refractivity contribution in [2.24, 2.45) is 0 Å². The summed E-state index contributed by atoms with van der Waals surface area (Å²) >= 11 is 0. The predicted octanol–water partition coefficient (Wildman–Crippen LogP) is 1.87. The number of hydrogen-bond acceptors (Lipinski definition) is 7. The Labute approximate surface area is 186 Å². The van der Waals surface area contributed by atoms with Crippen LogP contribution in [0.2, 0.25) is 0 Å². The van der Waals surface area contributed by atoms with E-state index in [2.05, 4.69) is 9.97 Å². The Balaban J connectivity index is 2.65. The number of nitrogens with zero attached hydrogens (tertiary/aromatic N) is 3. The van der Waals surface area contributed by atoms with Gasteiger partial charge < -0.3 is 15.0 Å². The quantitative estimate of drug-likeness (QED) is 0.564. The maximum absolute atomic E-state index is 13.5. The van der Waals surface area contributed by atoms with Crippen LogP contribution in [0.15, 0.2) is 42.5 Å². The first-order valence-corrected chi connectivity index (χ1v) is 11.6. The first kappa shape index (κ1) is 25.2. The molecule has 172 valence electrons. The summed E-state index contributed by atoms with van der Waals surface area (Å²) < 4.78 is 38.5. The molecule has 0 aliphatic rings. The molecule has 0 amide bonds. The number of sulfonamides is 1. The largest absolute Gasteiger partial charge is 0.545 e. The minimum Gasteiger partial charge on any atom is -0.545 e. The standard InChI is InChI=1S/C22H26FN3O5S/c1-14(2)20-18(13-12-17(27)6-5-7-19(28)29)21(15-8-10-16(23)11-9-15)25-22(24-20)26(3)32(4,30)31/h5,7-14,17,27H,6H2,1-4H3,(H,28,29)/p-1/b7-5+,13-12+/t17-/m0/s1. The number of hydrogen-bond donors (Lipinski definition) is 1. The molecule has 8 nitrogen and oxygen atoms in total. The van der Waals surface area contributed by atoms with Crippen LogP contribution in [0, 0.1) is 5.82 Å². The van der Waals surface area contributed by atoms with E-state index in [0.29, 0.717) is 22.5 Å². The average molecular weight is 463 g/mol. The molecule has 0 fully saturated rings. The topological polar surface area (TPSA) is 124 Å². The summed E-state index contributed by atoms with van der Waals surface area (Å²) in [6.45, 7) is 3.74. The minimum absolute atomic E-state index is 0.0369. The van der Waals surface area contributed by atoms with Crippen molar-refractivity contribution < 1.29 is 27.8 Å². The number of benzene rings is 1. The molecule has 0 unspecified atom stereocenters. The zero-order valence-electron chi connectivity index (χ0n) is 18.2. The molecule has 0 radical (unpaired) electrons. The number of anilines is 1. The van der Waals surface area contributed by atoms with Crippen LogP contribution in [0.5, 0.6) is 0 Å². The van der Waals surface area contributed by atoms with E-state index in [0.717, 1.165) is 16.6 Å². The zero-order valence-corrected chi connectivity index (χ0v) is 19.0. The SMILES string of the molecule is CC(C)c1nc(N(C)S(C)(=O)=O)nc(-c2ccc(F)cc2)c1/C=C/[C@@H](O)C/C=C/C(=O)[O-]. The van der Waals surface area contributed by atoms with Gasteiger partial charge in [0.1, 0.15) is 5.82 Å². The van der Waals surface area contributed by atoms with Crippen molar-refractivity contribution in [2.45, 2.75) is 32.3 Å². The second-order valence-electron chi connectivity index (χ2n) is 7.45. The number of carbonyl (C=O) groups is 1. The molecule has 1 aromatic heterocycles. The maximum atomic E-state index is 13.5. The molecule has 0 bridgehead atoms. The zero-order chi connectivity index (χ0) is 24.1. The van der Waals surface area contributed by atoms with Crippen LogP contribution >= 0.6 is 0 Å². The Morgan fingerprint density at radius 2 is 1.88 bits per heavy atom. The lowest BCUT2D eigenvalue weighted by Crippen LogP contribution is -2.27. The molecule has 2 aromatic rings. The van der Waals surface area contributed by atoms with Crippen LogP contribution in [-0.2, 0) is 14.8 Å². The van der Waals surface area contributed by atoms with Gasteiger partial charge in [-0.15, -0.1) is 0 Å². The van der Waals surface area contributed by atoms with Crippen LogP contribution in [0.1, 0.15) is 37.4 Å². The van der Waals surface area contributed by atoms with E-state index in [1.807, 2.05) is 13.8 Å². The summed E-state index contributed by atoms with van der Waals surface area (Å²) in [5, 5.41) is 20.6. The Hall–Kier alpha value is -3.11. The number of aliphatic hydroxyl groups is 1. The summed E-state index contributed by atoms with van der Waals surface area (Å²) in [5.41, 5.74) is 1.95. The fourth-order valence-electron chi connectivity index (χ4n) is 2.79. The second kappa shape index (κ2) is 10.5. The highest BCUT2D eigenvalue weighted by molar-refractivity contribution is 7.92. The minimum atomic E-state index is -3.63. The Morgan fingerprint density at radius 1 is 1.25 bits per heavy atom. The molecule has 1 atom stereocenters. The van der Waals surface area contributed by atoms with E-state index in [1.54, 1.807) is 6.08 Å². The van der Waals surface area contributed by atoms with Crippen molar-refractivity contribution in [2.75, 3.05) is 17.6 Å². The molecular weight excluding hydrogens is 437 g/mol. The summed E-state index contributed by atoms with van der Waals surface area (Å²) in [5.74, 6) is -1.97. The van der Waals surface area contributed by atoms with Crippen LogP contribution < -0.4 is 9.41 Å². The third kappa shape index (κ3) is 6.69. The molecule has 32 heavy (non-hydrogen) atoms. The molecule has 0 saturated carbocycles. The lowest BCUT2D eigenvalue weighted by Gasteiger charge is -2.20. The third-order valence-corrected chi connectivity index (χ3v) is 5.68. The Bertz CT molecular complexity index is 1130. The van der Waals surface area contributed by atoms with Gasteiger partial charge in [0.15, 0.2) is 0 Å². The number of aliphatic hydroxyl groups excluding tert-OH is 1. The number of carboxylic acids is 1. The van der Waals surface area contributed by atoms with Gasteiger partial charge >= 0.3 is 0 Å². The van der Waals surface area contributed by atoms with E-state index < -0.39 is 27.9 Å². The van der Waals surface area contributed by atoms with Crippen molar-refractivity contribution in [3.05, 3.63) is 59.6 Å². The van der Waals surface area contributed by atoms with Gasteiger partial charge in [-0.1, -0.05) is 32.1 Å². The Morgan fingerprint density at radius 3 is 2.41 bits per heavy atom. The number of carboxylic acid groups (broad SMARTS) is 1. The number of carbonyl (C=O) groups excluding carboxylic acids is 1. The predicted molar refractivity (Wildman–Crippen MR) is 119 cm³/mol. The van der Waals surface area contributed by atoms with Crippen LogP contribution in [-0.4, -0.2) is 48.9 Å². The van der Waals surface area contributed by atoms with Crippen LogP contribution in [0.25, 0.3) is 17.3 Å². The van der Waals surface area contributed by atoms with Gasteiger partial charge in [-0.2, -0.15) is 0 Å². The maximum Gasteiger partial charge on any atom is 0.239 e. The third-order valence-electron chi connectivity index (χ3n) is 4.52. The first-order chi connectivity index (χ1) is 14.9. The molecule has 10 heteroatoms. The summed E-state index contributed by atoms with van der Waals surface area (Å²) in [6, 6.07) is 5.56. The van der Waals surface area contributed by atoms with Crippen molar-refractivity contribution in [1.82, 2.24) is 9.97 Å². The highest BCUT2D eigenvalue weighted by atomic mass is 32.2. The summed E-state index contributed by atoms with van der Waals surface area (Å²) in [4.78, 5) is 19.3. The van der Waals surface area contributed by atoms with Gasteiger partial charge in [0.2, 0.25) is 16.0 Å². The molecule has 0 saturated heterocycles. The second-order valence-corrected chi connectivity index (χ2v) is 9.46. The molecule has 1 aromatic carbocycles. The molecule has 0 spiro atoms. The van der Waals surface area contributed by atoms with Gasteiger partial charge in [0, 0.05) is 18.2 Å². The molecular formula is C22H25FN3O5S-. The number of rotatable bonds is 9. The first-order valence-electron chi connectivity index (χ1n) is 9.75. The van der Waals surface area contributed by atoms with Crippen molar-refractivity contribution in [3.8, 4) is 11.3 Å². The summed E-state index contributed by atoms with van der Waals surface area (Å²) in [7, 11) is -2.29. The van der Waals surface area contributed by atoms with Gasteiger partial charge in [-0.3, -0.25) is 0 Å². The van der Waals surface area contributed by atoms with E-state index in [4.69, 9.17) is 0 Å². The monoisotopic (exact) mass is 462 g/mol. The van der Waals surface area contributed by atoms with E-state index in [1.165, 1.54) is 43.5 Å². The normalized spacial score (nSPS) is 13.2. The smallest absolute Gasteiger partial charge is 0.239 e. The van der Waals surface area contributed by atoms with Crippen molar-refractivity contribution >= 4 is 28.0 Å². The van der Waals surface area contributed by atoms with E-state index >= 15 is 0 Å². The van der Waals surface area contributed by atoms with E-state index in [-0.39, 0.29) is 18.3 Å². The number of halogens is 1. The lowest BCUT2D eigenvalue weighted by atomic mass is 9.97. The number of aromatic nitrogens is 2. The molecule has 2 rings (SSSR count). The fourth-order valence-corrected chi connectivity index (χ4v) is 3.16. The van der Waals surface area contributed by atoms with Crippen molar-refractivity contribution in [1.29, 1.82) is 0 Å². The molecule has 1 N–H and O–H groups in total. The number of aliphatic carboxylic acids is 1. The van der Waals surface area contributed by atoms with Crippen molar-refractivity contribution in [3.63, 3.8) is 0 Å². The molecule has 0 aliphatic heterocycles. The van der Waals surface area contributed by atoms with E-state index in [9.17, 15) is 27.8 Å². The van der Waals surface area contributed by atoms with Gasteiger partial charge in [-0.05, 0) is 42.7 Å². The highest BCUT2D eigenvalue weighted by Gasteiger charge is 2.22. The fraction of sp³-hybridized carbons (Fsp3) is 0.318. The molecule has 0 aliphatic carbocycles. The Kier molecular flexibility index (Phi) is 8.23. The lowest BCUT2D eigenvalue weighted by molar-refractivity contribution is -0.297. The van der Waals surface area contributed by atoms with Gasteiger partial charge in [-0.25, -0.2) is 27.1 Å². The van der Waals surface area contributed by atoms with Crippen LogP contribution in [0.4, 0.5) is 10.3 Å². The highest BCUT2D eigenvalue weighted by Crippen LogP contribution is 2.31. The van der Waals surface area contributed by atoms with Gasteiger partial charge in [0.05, 0.1) is 29.7 Å².